The molecular weight excluding hydrogens is 564 g/mol. The highest BCUT2D eigenvalue weighted by Gasteiger charge is 2.28. The molecule has 10 nitrogen and oxygen atoms in total. The lowest BCUT2D eigenvalue weighted by atomic mass is 9.94. The number of rotatable bonds is 6. The summed E-state index contributed by atoms with van der Waals surface area (Å²) in [5.41, 5.74) is 4.62. The number of nitrogens with one attached hydrogen (secondary N) is 2. The average molecular weight is 595 g/mol. The predicted molar refractivity (Wildman–Crippen MR) is 161 cm³/mol. The molecule has 0 saturated carbocycles. The second kappa shape index (κ2) is 10.8. The van der Waals surface area contributed by atoms with Crippen LogP contribution in [-0.4, -0.2) is 41.7 Å². The molecule has 2 atom stereocenters. The van der Waals surface area contributed by atoms with Crippen LogP contribution in [0.2, 0.25) is 5.15 Å². The number of hydrogen-bond acceptors (Lipinski definition) is 8. The number of aromatic nitrogens is 3. The second-order valence-electron chi connectivity index (χ2n) is 10.4. The minimum absolute atomic E-state index is 0.0241. The van der Waals surface area contributed by atoms with Gasteiger partial charge < -0.3 is 10.2 Å². The molecular formula is C29H31ClN6O4S. The average Bonchev–Trinajstić information content (AvgIpc) is 2.91. The Morgan fingerprint density at radius 3 is 2.61 bits per heavy atom. The third kappa shape index (κ3) is 5.64. The standard InChI is InChI=1S/C29H31ClN6O4S/c1-16-14-21(17(2)31-23-10-11-24(30)32-26(23)27(37)34-41(5,39)40)25-22(15-16)28(38)35(4)29(33-25)36-13-12-19-8-6-7-9-20(19)18(36)3/h6-11,14-15,17-18,31H,12-13H2,1-5H3,(H,34,37)/t17-,18+/m1/s1. The van der Waals surface area contributed by atoms with Crippen LogP contribution in [0.3, 0.4) is 0 Å². The maximum absolute atomic E-state index is 13.7. The molecule has 2 aromatic carbocycles. The number of hydrogen-bond donors (Lipinski definition) is 2. The van der Waals surface area contributed by atoms with E-state index >= 15 is 0 Å². The molecule has 0 radical (unpaired) electrons. The zero-order valence-electron chi connectivity index (χ0n) is 23.4. The third-order valence-corrected chi connectivity index (χ3v) is 8.14. The molecule has 5 rings (SSSR count). The first-order chi connectivity index (χ1) is 19.3. The summed E-state index contributed by atoms with van der Waals surface area (Å²) in [6.45, 7) is 6.61. The number of pyridine rings is 1. The number of nitrogens with zero attached hydrogens (tertiary/aromatic N) is 4. The maximum Gasteiger partial charge on any atom is 0.285 e. The van der Waals surface area contributed by atoms with Gasteiger partial charge in [0.15, 0.2) is 5.69 Å². The molecule has 214 valence electrons. The number of carbonyl (C=O) groups is 1. The molecule has 0 saturated heterocycles. The highest BCUT2D eigenvalue weighted by molar-refractivity contribution is 7.89. The molecule has 1 aliphatic heterocycles. The molecule has 2 N–H and O–H groups in total. The molecule has 1 aliphatic rings. The van der Waals surface area contributed by atoms with Crippen molar-refractivity contribution in [3.05, 3.63) is 92.0 Å². The van der Waals surface area contributed by atoms with E-state index in [1.165, 1.54) is 17.2 Å². The summed E-state index contributed by atoms with van der Waals surface area (Å²) in [6, 6.07) is 14.7. The van der Waals surface area contributed by atoms with Crippen molar-refractivity contribution in [3.63, 3.8) is 0 Å². The fraction of sp³-hybridized carbons (Fsp3) is 0.310. The lowest BCUT2D eigenvalue weighted by Crippen LogP contribution is -2.38. The fourth-order valence-corrected chi connectivity index (χ4v) is 6.01. The Morgan fingerprint density at radius 2 is 1.88 bits per heavy atom. The van der Waals surface area contributed by atoms with E-state index < -0.39 is 22.0 Å². The van der Waals surface area contributed by atoms with Crippen LogP contribution in [0.15, 0.2) is 53.3 Å². The van der Waals surface area contributed by atoms with Gasteiger partial charge in [0.05, 0.1) is 34.9 Å². The van der Waals surface area contributed by atoms with Crippen molar-refractivity contribution < 1.29 is 13.2 Å². The van der Waals surface area contributed by atoms with Gasteiger partial charge in [-0.3, -0.25) is 14.2 Å². The molecule has 12 heteroatoms. The molecule has 0 unspecified atom stereocenters. The molecule has 3 heterocycles. The van der Waals surface area contributed by atoms with E-state index in [4.69, 9.17) is 16.6 Å². The Hall–Kier alpha value is -3.96. The lowest BCUT2D eigenvalue weighted by Gasteiger charge is -2.37. The Morgan fingerprint density at radius 1 is 1.15 bits per heavy atom. The number of fused-ring (bicyclic) bond motifs is 2. The van der Waals surface area contributed by atoms with Gasteiger partial charge in [0.2, 0.25) is 16.0 Å². The number of anilines is 2. The van der Waals surface area contributed by atoms with E-state index in [9.17, 15) is 18.0 Å². The Labute approximate surface area is 243 Å². The van der Waals surface area contributed by atoms with Crippen LogP contribution in [0, 0.1) is 6.92 Å². The molecule has 0 bridgehead atoms. The Kier molecular flexibility index (Phi) is 7.52. The van der Waals surface area contributed by atoms with Crippen LogP contribution >= 0.6 is 11.6 Å². The zero-order chi connectivity index (χ0) is 29.6. The number of sulfonamides is 1. The van der Waals surface area contributed by atoms with Crippen molar-refractivity contribution in [1.29, 1.82) is 0 Å². The summed E-state index contributed by atoms with van der Waals surface area (Å²) >= 11 is 6.03. The van der Waals surface area contributed by atoms with Crippen molar-refractivity contribution in [2.75, 3.05) is 23.0 Å². The van der Waals surface area contributed by atoms with Crippen molar-refractivity contribution in [2.24, 2.45) is 7.05 Å². The molecule has 4 aromatic rings. The Balaban J connectivity index is 1.59. The monoisotopic (exact) mass is 594 g/mol. The van der Waals surface area contributed by atoms with E-state index in [1.807, 2.05) is 42.8 Å². The predicted octanol–water partition coefficient (Wildman–Crippen LogP) is 4.28. The van der Waals surface area contributed by atoms with Crippen molar-refractivity contribution in [2.45, 2.75) is 39.3 Å². The number of amides is 1. The van der Waals surface area contributed by atoms with E-state index in [1.54, 1.807) is 17.7 Å². The van der Waals surface area contributed by atoms with Crippen LogP contribution in [-0.2, 0) is 23.5 Å². The van der Waals surface area contributed by atoms with Crippen LogP contribution in [0.25, 0.3) is 10.9 Å². The highest BCUT2D eigenvalue weighted by Crippen LogP contribution is 2.34. The summed E-state index contributed by atoms with van der Waals surface area (Å²) in [6.07, 6.45) is 1.73. The number of benzene rings is 2. The smallest absolute Gasteiger partial charge is 0.285 e. The van der Waals surface area contributed by atoms with Crippen LogP contribution in [0.4, 0.5) is 11.6 Å². The van der Waals surface area contributed by atoms with E-state index in [-0.39, 0.29) is 28.1 Å². The quantitative estimate of drug-likeness (QED) is 0.317. The summed E-state index contributed by atoms with van der Waals surface area (Å²) in [5, 5.41) is 3.77. The van der Waals surface area contributed by atoms with Gasteiger partial charge in [0.1, 0.15) is 5.15 Å². The third-order valence-electron chi connectivity index (χ3n) is 7.38. The minimum Gasteiger partial charge on any atom is -0.377 e. The molecule has 0 fully saturated rings. The summed E-state index contributed by atoms with van der Waals surface area (Å²) in [7, 11) is -2.08. The van der Waals surface area contributed by atoms with Crippen molar-refractivity contribution in [1.82, 2.24) is 19.3 Å². The first-order valence-corrected chi connectivity index (χ1v) is 15.4. The van der Waals surface area contributed by atoms with Gasteiger partial charge in [-0.1, -0.05) is 41.9 Å². The first kappa shape index (κ1) is 28.6. The van der Waals surface area contributed by atoms with Crippen molar-refractivity contribution >= 4 is 50.1 Å². The topological polar surface area (TPSA) is 126 Å². The fourth-order valence-electron chi connectivity index (χ4n) is 5.43. The van der Waals surface area contributed by atoms with Gasteiger partial charge in [-0.05, 0) is 62.1 Å². The summed E-state index contributed by atoms with van der Waals surface area (Å²) in [4.78, 5) is 37.7. The molecule has 41 heavy (non-hydrogen) atoms. The normalized spacial score (nSPS) is 15.9. The first-order valence-electron chi connectivity index (χ1n) is 13.1. The number of carbonyl (C=O) groups excluding carboxylic acids is 1. The zero-order valence-corrected chi connectivity index (χ0v) is 25.0. The number of aryl methyl sites for hydroxylation is 1. The van der Waals surface area contributed by atoms with Crippen LogP contribution in [0.1, 0.15) is 58.7 Å². The maximum atomic E-state index is 13.7. The molecule has 0 spiro atoms. The van der Waals surface area contributed by atoms with Crippen LogP contribution in [0.5, 0.6) is 0 Å². The summed E-state index contributed by atoms with van der Waals surface area (Å²) in [5.74, 6) is -0.337. The largest absolute Gasteiger partial charge is 0.377 e. The molecule has 2 aromatic heterocycles. The van der Waals surface area contributed by atoms with Gasteiger partial charge in [-0.2, -0.15) is 0 Å². The van der Waals surface area contributed by atoms with Gasteiger partial charge >= 0.3 is 0 Å². The van der Waals surface area contributed by atoms with Crippen molar-refractivity contribution in [3.8, 4) is 0 Å². The van der Waals surface area contributed by atoms with E-state index in [0.29, 0.717) is 23.4 Å². The summed E-state index contributed by atoms with van der Waals surface area (Å²) < 4.78 is 26.9. The molecule has 0 aliphatic carbocycles. The molecule has 1 amide bonds. The minimum atomic E-state index is -3.83. The Bertz CT molecular complexity index is 1860. The number of halogens is 1. The SMILES string of the molecule is Cc1cc([C@@H](C)Nc2ccc(Cl)nc2C(=O)NS(C)(=O)=O)c2nc(N3CCc4ccccc4[C@@H]3C)n(C)c(=O)c2c1. The van der Waals surface area contributed by atoms with Gasteiger partial charge in [0.25, 0.3) is 11.5 Å². The van der Waals surface area contributed by atoms with E-state index in [2.05, 4.69) is 34.3 Å². The highest BCUT2D eigenvalue weighted by atomic mass is 35.5. The lowest BCUT2D eigenvalue weighted by molar-refractivity contribution is 0.0977. The van der Waals surface area contributed by atoms with Crippen LogP contribution < -0.4 is 20.5 Å². The second-order valence-corrected chi connectivity index (χ2v) is 12.6. The van der Waals surface area contributed by atoms with E-state index in [0.717, 1.165) is 23.8 Å². The van der Waals surface area contributed by atoms with Gasteiger partial charge in [-0.25, -0.2) is 23.1 Å². The van der Waals surface area contributed by atoms with Gasteiger partial charge in [-0.15, -0.1) is 0 Å². The van der Waals surface area contributed by atoms with Gasteiger partial charge in [0, 0.05) is 19.2 Å².